The van der Waals surface area contributed by atoms with Crippen LogP contribution < -0.4 is 0 Å². The summed E-state index contributed by atoms with van der Waals surface area (Å²) in [5, 5.41) is 8.78. The number of hydrogen-bond donors (Lipinski definition) is 1. The standard InChI is InChI=1S/C9H16O4S/c1-9(2,8(11)12)14-6-4-5-7(10)13-3/h4-6H2,1-3H3,(H,11,12). The molecule has 82 valence electrons. The fourth-order valence-electron chi connectivity index (χ4n) is 0.708. The molecule has 0 atom stereocenters. The van der Waals surface area contributed by atoms with Gasteiger partial charge in [0, 0.05) is 6.42 Å². The van der Waals surface area contributed by atoms with Gasteiger partial charge in [-0.3, -0.25) is 9.59 Å². The van der Waals surface area contributed by atoms with Crippen LogP contribution in [0.15, 0.2) is 0 Å². The predicted molar refractivity (Wildman–Crippen MR) is 55.4 cm³/mol. The number of carboxylic acid groups (broad SMARTS) is 1. The van der Waals surface area contributed by atoms with E-state index in [1.807, 2.05) is 0 Å². The number of carbonyl (C=O) groups is 2. The van der Waals surface area contributed by atoms with Crippen molar-refractivity contribution in [2.75, 3.05) is 12.9 Å². The number of esters is 1. The van der Waals surface area contributed by atoms with Gasteiger partial charge < -0.3 is 9.84 Å². The molecule has 0 aliphatic heterocycles. The van der Waals surface area contributed by atoms with Gasteiger partial charge in [-0.1, -0.05) is 0 Å². The largest absolute Gasteiger partial charge is 0.480 e. The van der Waals surface area contributed by atoms with Crippen LogP contribution in [-0.2, 0) is 14.3 Å². The first-order valence-electron chi connectivity index (χ1n) is 4.34. The van der Waals surface area contributed by atoms with Crippen molar-refractivity contribution in [3.05, 3.63) is 0 Å². The van der Waals surface area contributed by atoms with Crippen molar-refractivity contribution >= 4 is 23.7 Å². The van der Waals surface area contributed by atoms with Gasteiger partial charge in [0.15, 0.2) is 0 Å². The monoisotopic (exact) mass is 220 g/mol. The lowest BCUT2D eigenvalue weighted by molar-refractivity contribution is -0.140. The molecule has 0 aromatic heterocycles. The third-order valence-corrected chi connectivity index (χ3v) is 3.12. The smallest absolute Gasteiger partial charge is 0.319 e. The number of carbonyl (C=O) groups excluding carboxylic acids is 1. The highest BCUT2D eigenvalue weighted by Crippen LogP contribution is 2.25. The second-order valence-electron chi connectivity index (χ2n) is 3.34. The number of aliphatic carboxylic acids is 1. The summed E-state index contributed by atoms with van der Waals surface area (Å²) in [6.07, 6.45) is 0.993. The first-order valence-corrected chi connectivity index (χ1v) is 5.33. The molecule has 0 unspecified atom stereocenters. The summed E-state index contributed by atoms with van der Waals surface area (Å²) in [4.78, 5) is 21.4. The van der Waals surface area contributed by atoms with E-state index in [4.69, 9.17) is 5.11 Å². The quantitative estimate of drug-likeness (QED) is 0.543. The Balaban J connectivity index is 3.64. The second-order valence-corrected chi connectivity index (χ2v) is 5.06. The molecule has 0 saturated heterocycles. The van der Waals surface area contributed by atoms with Gasteiger partial charge in [0.1, 0.15) is 4.75 Å². The molecule has 0 aromatic rings. The first kappa shape index (κ1) is 13.3. The van der Waals surface area contributed by atoms with Crippen LogP contribution in [0, 0.1) is 0 Å². The average molecular weight is 220 g/mol. The fourth-order valence-corrected chi connectivity index (χ4v) is 1.63. The average Bonchev–Trinajstić information content (AvgIpc) is 2.11. The van der Waals surface area contributed by atoms with Crippen LogP contribution in [0.5, 0.6) is 0 Å². The lowest BCUT2D eigenvalue weighted by Crippen LogP contribution is -2.27. The van der Waals surface area contributed by atoms with Gasteiger partial charge in [0.2, 0.25) is 0 Å². The summed E-state index contributed by atoms with van der Waals surface area (Å²) in [6.45, 7) is 3.30. The Morgan fingerprint density at radius 1 is 1.43 bits per heavy atom. The van der Waals surface area contributed by atoms with Gasteiger partial charge >= 0.3 is 11.9 Å². The number of carboxylic acids is 1. The molecule has 0 saturated carbocycles. The highest BCUT2D eigenvalue weighted by atomic mass is 32.2. The molecular formula is C9H16O4S. The van der Waals surface area contributed by atoms with Crippen molar-refractivity contribution in [1.82, 2.24) is 0 Å². The molecule has 0 fully saturated rings. The van der Waals surface area contributed by atoms with E-state index in [1.54, 1.807) is 13.8 Å². The molecule has 0 rings (SSSR count). The summed E-state index contributed by atoms with van der Waals surface area (Å²) in [6, 6.07) is 0. The van der Waals surface area contributed by atoms with Crippen LogP contribution in [0.1, 0.15) is 26.7 Å². The second kappa shape index (κ2) is 5.90. The van der Waals surface area contributed by atoms with E-state index in [9.17, 15) is 9.59 Å². The predicted octanol–water partition coefficient (Wildman–Crippen LogP) is 1.54. The van der Waals surface area contributed by atoms with Gasteiger partial charge in [0.05, 0.1) is 7.11 Å². The van der Waals surface area contributed by atoms with Crippen molar-refractivity contribution in [3.63, 3.8) is 0 Å². The van der Waals surface area contributed by atoms with Crippen molar-refractivity contribution in [2.45, 2.75) is 31.4 Å². The topological polar surface area (TPSA) is 63.6 Å². The molecule has 0 bridgehead atoms. The van der Waals surface area contributed by atoms with Crippen LogP contribution >= 0.6 is 11.8 Å². The zero-order valence-electron chi connectivity index (χ0n) is 8.70. The van der Waals surface area contributed by atoms with Gasteiger partial charge in [0.25, 0.3) is 0 Å². The molecule has 0 aliphatic rings. The molecule has 5 heteroatoms. The lowest BCUT2D eigenvalue weighted by atomic mass is 10.2. The van der Waals surface area contributed by atoms with Crippen LogP contribution in [0.4, 0.5) is 0 Å². The highest BCUT2D eigenvalue weighted by molar-refractivity contribution is 8.01. The fraction of sp³-hybridized carbons (Fsp3) is 0.778. The van der Waals surface area contributed by atoms with Crippen LogP contribution in [0.2, 0.25) is 0 Å². The van der Waals surface area contributed by atoms with Crippen molar-refractivity contribution in [3.8, 4) is 0 Å². The van der Waals surface area contributed by atoms with E-state index in [-0.39, 0.29) is 5.97 Å². The molecule has 0 amide bonds. The number of thioether (sulfide) groups is 1. The SMILES string of the molecule is COC(=O)CCCSC(C)(C)C(=O)O. The van der Waals surface area contributed by atoms with Gasteiger partial charge in [-0.25, -0.2) is 0 Å². The minimum absolute atomic E-state index is 0.251. The molecule has 0 aliphatic carbocycles. The summed E-state index contributed by atoms with van der Waals surface area (Å²) in [7, 11) is 1.34. The lowest BCUT2D eigenvalue weighted by Gasteiger charge is -2.17. The van der Waals surface area contributed by atoms with Crippen molar-refractivity contribution < 1.29 is 19.4 Å². The van der Waals surface area contributed by atoms with E-state index in [2.05, 4.69) is 4.74 Å². The van der Waals surface area contributed by atoms with E-state index >= 15 is 0 Å². The van der Waals surface area contributed by atoms with Crippen molar-refractivity contribution in [1.29, 1.82) is 0 Å². The Morgan fingerprint density at radius 3 is 2.43 bits per heavy atom. The maximum Gasteiger partial charge on any atom is 0.319 e. The van der Waals surface area contributed by atoms with Gasteiger partial charge in [-0.05, 0) is 26.0 Å². The summed E-state index contributed by atoms with van der Waals surface area (Å²) < 4.78 is 3.68. The Labute approximate surface area is 88.0 Å². The van der Waals surface area contributed by atoms with E-state index in [0.29, 0.717) is 18.6 Å². The summed E-state index contributed by atoms with van der Waals surface area (Å²) in [5.74, 6) is -0.437. The summed E-state index contributed by atoms with van der Waals surface area (Å²) in [5.41, 5.74) is 0. The van der Waals surface area contributed by atoms with Gasteiger partial charge in [-0.2, -0.15) is 0 Å². The minimum Gasteiger partial charge on any atom is -0.480 e. The van der Waals surface area contributed by atoms with Crippen LogP contribution in [-0.4, -0.2) is 34.7 Å². The third kappa shape index (κ3) is 5.11. The third-order valence-electron chi connectivity index (χ3n) is 1.73. The Morgan fingerprint density at radius 2 is 2.00 bits per heavy atom. The van der Waals surface area contributed by atoms with Crippen LogP contribution in [0.25, 0.3) is 0 Å². The summed E-state index contributed by atoms with van der Waals surface area (Å²) >= 11 is 1.33. The molecule has 14 heavy (non-hydrogen) atoms. The zero-order chi connectivity index (χ0) is 11.2. The van der Waals surface area contributed by atoms with E-state index in [0.717, 1.165) is 0 Å². The normalized spacial score (nSPS) is 11.1. The molecular weight excluding hydrogens is 204 g/mol. The Bertz CT molecular complexity index is 213. The molecule has 0 spiro atoms. The first-order chi connectivity index (χ1) is 6.40. The highest BCUT2D eigenvalue weighted by Gasteiger charge is 2.27. The minimum atomic E-state index is -0.833. The molecule has 0 heterocycles. The zero-order valence-corrected chi connectivity index (χ0v) is 9.52. The number of rotatable bonds is 6. The number of ether oxygens (including phenoxy) is 1. The van der Waals surface area contributed by atoms with E-state index in [1.165, 1.54) is 18.9 Å². The van der Waals surface area contributed by atoms with Crippen LogP contribution in [0.3, 0.4) is 0 Å². The maximum absolute atomic E-state index is 10.7. The van der Waals surface area contributed by atoms with E-state index < -0.39 is 10.7 Å². The van der Waals surface area contributed by atoms with Gasteiger partial charge in [-0.15, -0.1) is 11.8 Å². The molecule has 0 aromatic carbocycles. The van der Waals surface area contributed by atoms with Crippen molar-refractivity contribution in [2.24, 2.45) is 0 Å². The maximum atomic E-state index is 10.7. The molecule has 0 radical (unpaired) electrons. The number of methoxy groups -OCH3 is 1. The molecule has 4 nitrogen and oxygen atoms in total. The Hall–Kier alpha value is -0.710. The number of hydrogen-bond acceptors (Lipinski definition) is 4. The molecule has 1 N–H and O–H groups in total. The Kier molecular flexibility index (Phi) is 5.60.